The SMILES string of the molecule is CSCOC[C@@H]1CN(CCCC(C)CC(C)(C)CN(C)C[C@H]2OCCN(C)[C@@H]2CCCC(C)CCC(C)CN(C)C[C@H]2OCCN(C)[C@H]2CCCC(C)C)CCO1. The van der Waals surface area contributed by atoms with Gasteiger partial charge in [-0.3, -0.25) is 14.7 Å². The third-order valence-electron chi connectivity index (χ3n) is 13.3. The van der Waals surface area contributed by atoms with Crippen LogP contribution in [-0.4, -0.2) is 181 Å². The fourth-order valence-electron chi connectivity index (χ4n) is 10.3. The largest absolute Gasteiger partial charge is 0.374 e. The lowest BCUT2D eigenvalue weighted by Crippen LogP contribution is -2.53. The Morgan fingerprint density at radius 3 is 1.93 bits per heavy atom. The predicted molar refractivity (Wildman–Crippen MR) is 245 cm³/mol. The van der Waals surface area contributed by atoms with Crippen LogP contribution in [0.1, 0.15) is 119 Å². The van der Waals surface area contributed by atoms with E-state index in [1.54, 1.807) is 11.8 Å². The molecule has 0 aliphatic carbocycles. The molecule has 338 valence electrons. The van der Waals surface area contributed by atoms with Crippen molar-refractivity contribution in [1.29, 1.82) is 0 Å². The quantitative estimate of drug-likeness (QED) is 0.0546. The molecule has 0 aromatic heterocycles. The second kappa shape index (κ2) is 27.8. The lowest BCUT2D eigenvalue weighted by atomic mass is 9.81. The van der Waals surface area contributed by atoms with E-state index in [0.717, 1.165) is 95.9 Å². The molecule has 10 heteroatoms. The molecule has 0 aromatic rings. The first-order chi connectivity index (χ1) is 27.1. The summed E-state index contributed by atoms with van der Waals surface area (Å²) in [7, 11) is 9.27. The van der Waals surface area contributed by atoms with E-state index in [4.69, 9.17) is 18.9 Å². The first kappa shape index (κ1) is 51.3. The molecule has 0 spiro atoms. The Kier molecular flexibility index (Phi) is 25.1. The van der Waals surface area contributed by atoms with E-state index in [1.165, 1.54) is 77.2 Å². The normalized spacial score (nSPS) is 26.5. The maximum absolute atomic E-state index is 6.52. The molecule has 3 rings (SSSR count). The van der Waals surface area contributed by atoms with E-state index in [9.17, 15) is 0 Å². The second-order valence-corrected chi connectivity index (χ2v) is 21.4. The van der Waals surface area contributed by atoms with Gasteiger partial charge in [-0.05, 0) is 109 Å². The van der Waals surface area contributed by atoms with Crippen LogP contribution in [0.2, 0.25) is 0 Å². The van der Waals surface area contributed by atoms with Gasteiger partial charge in [0.15, 0.2) is 0 Å². The molecule has 3 saturated heterocycles. The van der Waals surface area contributed by atoms with Crippen molar-refractivity contribution in [3.05, 3.63) is 0 Å². The second-order valence-electron chi connectivity index (χ2n) is 20.6. The first-order valence-corrected chi connectivity index (χ1v) is 25.0. The van der Waals surface area contributed by atoms with Gasteiger partial charge in [-0.25, -0.2) is 0 Å². The standard InChI is InChI=1S/C47H95N5O4S/c1-38(2)16-13-19-43-45(55-27-24-50(43)10)33-48(8)31-41(5)22-21-39(3)17-14-20-44-46(56-28-25-51(44)11)34-49(9)36-47(6,7)30-40(4)18-15-23-52-26-29-54-42(32-52)35-53-37-57-12/h38-46H,13-37H2,1-12H3/t39?,40?,41?,42-,43-,44+,45+,46+/m0/s1. The minimum Gasteiger partial charge on any atom is -0.374 e. The van der Waals surface area contributed by atoms with Crippen molar-refractivity contribution in [2.45, 2.75) is 149 Å². The lowest BCUT2D eigenvalue weighted by molar-refractivity contribution is -0.0774. The van der Waals surface area contributed by atoms with Gasteiger partial charge in [0.2, 0.25) is 0 Å². The van der Waals surface area contributed by atoms with Crippen LogP contribution in [0.5, 0.6) is 0 Å². The number of ether oxygens (including phenoxy) is 4. The van der Waals surface area contributed by atoms with Crippen molar-refractivity contribution in [2.24, 2.45) is 29.1 Å². The number of thioether (sulfide) groups is 1. The molecule has 3 aliphatic rings. The van der Waals surface area contributed by atoms with Crippen molar-refractivity contribution in [3.63, 3.8) is 0 Å². The summed E-state index contributed by atoms with van der Waals surface area (Å²) in [5.41, 5.74) is 0.278. The van der Waals surface area contributed by atoms with Gasteiger partial charge < -0.3 is 28.7 Å². The monoisotopic (exact) mass is 826 g/mol. The molecular formula is C47H95N5O4S. The fraction of sp³-hybridized carbons (Fsp3) is 1.00. The summed E-state index contributed by atoms with van der Waals surface area (Å²) in [6, 6.07) is 1.06. The zero-order valence-electron chi connectivity index (χ0n) is 39.7. The van der Waals surface area contributed by atoms with E-state index in [2.05, 4.69) is 107 Å². The topological polar surface area (TPSA) is 53.1 Å². The summed E-state index contributed by atoms with van der Waals surface area (Å²) < 4.78 is 24.6. The Morgan fingerprint density at radius 1 is 0.719 bits per heavy atom. The Hall–Kier alpha value is -0.0100. The Morgan fingerprint density at radius 2 is 1.30 bits per heavy atom. The van der Waals surface area contributed by atoms with E-state index < -0.39 is 0 Å². The summed E-state index contributed by atoms with van der Waals surface area (Å²) in [5.74, 6) is 3.74. The van der Waals surface area contributed by atoms with Gasteiger partial charge in [-0.15, -0.1) is 11.8 Å². The van der Waals surface area contributed by atoms with E-state index in [-0.39, 0.29) is 11.5 Å². The van der Waals surface area contributed by atoms with Crippen LogP contribution in [-0.2, 0) is 18.9 Å². The number of morpholine rings is 3. The molecule has 3 unspecified atom stereocenters. The van der Waals surface area contributed by atoms with Crippen molar-refractivity contribution in [2.75, 3.05) is 126 Å². The summed E-state index contributed by atoms with van der Waals surface area (Å²) >= 11 is 1.73. The Balaban J connectivity index is 1.32. The van der Waals surface area contributed by atoms with E-state index in [1.807, 2.05) is 0 Å². The summed E-state index contributed by atoms with van der Waals surface area (Å²) in [6.45, 7) is 30.0. The predicted octanol–water partition coefficient (Wildman–Crippen LogP) is 8.17. The molecule has 0 saturated carbocycles. The number of likely N-dealkylation sites (N-methyl/N-ethyl adjacent to an activating group) is 4. The number of rotatable bonds is 29. The van der Waals surface area contributed by atoms with Crippen molar-refractivity contribution in [1.82, 2.24) is 24.5 Å². The molecule has 3 heterocycles. The van der Waals surface area contributed by atoms with Crippen molar-refractivity contribution in [3.8, 4) is 0 Å². The molecule has 0 bridgehead atoms. The molecular weight excluding hydrogens is 731 g/mol. The number of hydrogen-bond donors (Lipinski definition) is 0. The van der Waals surface area contributed by atoms with Crippen LogP contribution in [0.15, 0.2) is 0 Å². The summed E-state index contributed by atoms with van der Waals surface area (Å²) in [6.07, 6.45) is 17.1. The molecule has 8 atom stereocenters. The lowest BCUT2D eigenvalue weighted by Gasteiger charge is -2.42. The zero-order valence-corrected chi connectivity index (χ0v) is 40.5. The van der Waals surface area contributed by atoms with Gasteiger partial charge in [0.05, 0.1) is 50.7 Å². The van der Waals surface area contributed by atoms with Crippen LogP contribution in [0, 0.1) is 29.1 Å². The minimum atomic E-state index is 0.221. The van der Waals surface area contributed by atoms with Crippen LogP contribution in [0.25, 0.3) is 0 Å². The molecule has 0 radical (unpaired) electrons. The maximum Gasteiger partial charge on any atom is 0.0936 e. The maximum atomic E-state index is 6.52. The Bertz CT molecular complexity index is 1030. The van der Waals surface area contributed by atoms with Crippen LogP contribution in [0.4, 0.5) is 0 Å². The molecule has 3 fully saturated rings. The molecule has 57 heavy (non-hydrogen) atoms. The highest BCUT2D eigenvalue weighted by Crippen LogP contribution is 2.30. The summed E-state index contributed by atoms with van der Waals surface area (Å²) in [4.78, 5) is 12.9. The van der Waals surface area contributed by atoms with E-state index in [0.29, 0.717) is 36.8 Å². The van der Waals surface area contributed by atoms with Crippen LogP contribution >= 0.6 is 11.8 Å². The minimum absolute atomic E-state index is 0.221. The third kappa shape index (κ3) is 21.1. The van der Waals surface area contributed by atoms with Crippen LogP contribution < -0.4 is 0 Å². The van der Waals surface area contributed by atoms with Gasteiger partial charge >= 0.3 is 0 Å². The van der Waals surface area contributed by atoms with Crippen molar-refractivity contribution < 1.29 is 18.9 Å². The molecule has 0 amide bonds. The fourth-order valence-corrected chi connectivity index (χ4v) is 10.6. The molecule has 3 aliphatic heterocycles. The molecule has 9 nitrogen and oxygen atoms in total. The number of hydrogen-bond acceptors (Lipinski definition) is 10. The third-order valence-corrected chi connectivity index (χ3v) is 13.7. The molecule has 0 N–H and O–H groups in total. The van der Waals surface area contributed by atoms with Gasteiger partial charge in [0.25, 0.3) is 0 Å². The Labute approximate surface area is 358 Å². The average Bonchev–Trinajstić information content (AvgIpc) is 3.12. The van der Waals surface area contributed by atoms with Gasteiger partial charge in [0.1, 0.15) is 0 Å². The van der Waals surface area contributed by atoms with Gasteiger partial charge in [-0.1, -0.05) is 80.6 Å². The highest BCUT2D eigenvalue weighted by atomic mass is 32.2. The zero-order chi connectivity index (χ0) is 41.8. The number of nitrogens with zero attached hydrogens (tertiary/aromatic N) is 5. The average molecular weight is 826 g/mol. The smallest absolute Gasteiger partial charge is 0.0936 e. The highest BCUT2D eigenvalue weighted by molar-refractivity contribution is 7.98. The van der Waals surface area contributed by atoms with Crippen molar-refractivity contribution >= 4 is 11.8 Å². The van der Waals surface area contributed by atoms with Gasteiger partial charge in [0, 0.05) is 64.4 Å². The highest BCUT2D eigenvalue weighted by Gasteiger charge is 2.33. The summed E-state index contributed by atoms with van der Waals surface area (Å²) in [5, 5.41) is 0. The van der Waals surface area contributed by atoms with Gasteiger partial charge in [-0.2, -0.15) is 0 Å². The van der Waals surface area contributed by atoms with E-state index >= 15 is 0 Å². The van der Waals surface area contributed by atoms with Crippen LogP contribution in [0.3, 0.4) is 0 Å². The first-order valence-electron chi connectivity index (χ1n) is 23.6. The molecule has 0 aromatic carbocycles.